The van der Waals surface area contributed by atoms with Gasteiger partial charge in [0.1, 0.15) is 11.5 Å². The number of ether oxygens (including phenoxy) is 2. The molecule has 18 heavy (non-hydrogen) atoms. The summed E-state index contributed by atoms with van der Waals surface area (Å²) in [6, 6.07) is 5.49. The van der Waals surface area contributed by atoms with Gasteiger partial charge in [-0.15, -0.1) is 0 Å². The van der Waals surface area contributed by atoms with Crippen LogP contribution in [0.15, 0.2) is 24.4 Å². The molecule has 0 radical (unpaired) electrons. The highest BCUT2D eigenvalue weighted by Gasteiger charge is 2.07. The van der Waals surface area contributed by atoms with Crippen LogP contribution in [0.25, 0.3) is 0 Å². The minimum atomic E-state index is 0.583. The fourth-order valence-corrected chi connectivity index (χ4v) is 1.62. The average molecular weight is 248 g/mol. The summed E-state index contributed by atoms with van der Waals surface area (Å²) < 4.78 is 12.0. The number of nitrogens with one attached hydrogen (secondary N) is 1. The molecule has 0 amide bonds. The van der Waals surface area contributed by atoms with Gasteiger partial charge in [-0.3, -0.25) is 4.68 Å². The van der Waals surface area contributed by atoms with Gasteiger partial charge < -0.3 is 20.5 Å². The number of methoxy groups -OCH3 is 2. The summed E-state index contributed by atoms with van der Waals surface area (Å²) in [4.78, 5) is 0. The smallest absolute Gasteiger partial charge is 0.175 e. The lowest BCUT2D eigenvalue weighted by atomic mass is 10.2. The van der Waals surface area contributed by atoms with Gasteiger partial charge >= 0.3 is 0 Å². The van der Waals surface area contributed by atoms with Gasteiger partial charge in [0.15, 0.2) is 5.82 Å². The summed E-state index contributed by atoms with van der Waals surface area (Å²) in [5.74, 6) is 2.01. The molecule has 96 valence electrons. The lowest BCUT2D eigenvalue weighted by Gasteiger charge is -2.09. The molecule has 0 aliphatic rings. The summed E-state index contributed by atoms with van der Waals surface area (Å²) in [6.45, 7) is 0. The molecule has 6 nitrogen and oxygen atoms in total. The van der Waals surface area contributed by atoms with Crippen molar-refractivity contribution in [1.29, 1.82) is 0 Å². The molecule has 0 atom stereocenters. The van der Waals surface area contributed by atoms with Crippen LogP contribution in [0.2, 0.25) is 0 Å². The van der Waals surface area contributed by atoms with Gasteiger partial charge in [0.25, 0.3) is 0 Å². The third-order valence-corrected chi connectivity index (χ3v) is 2.47. The molecule has 0 aliphatic carbocycles. The van der Waals surface area contributed by atoms with E-state index >= 15 is 0 Å². The Morgan fingerprint density at radius 2 is 1.78 bits per heavy atom. The lowest BCUT2D eigenvalue weighted by molar-refractivity contribution is 0.395. The Balaban J connectivity index is 2.30. The van der Waals surface area contributed by atoms with Gasteiger partial charge in [0, 0.05) is 37.1 Å². The number of rotatable bonds is 4. The van der Waals surface area contributed by atoms with Crippen LogP contribution in [-0.4, -0.2) is 24.0 Å². The molecule has 2 rings (SSSR count). The predicted molar refractivity (Wildman–Crippen MR) is 70.4 cm³/mol. The van der Waals surface area contributed by atoms with Gasteiger partial charge in [-0.25, -0.2) is 0 Å². The number of hydrogen-bond donors (Lipinski definition) is 2. The zero-order valence-electron chi connectivity index (χ0n) is 10.6. The first-order valence-electron chi connectivity index (χ1n) is 5.41. The fraction of sp³-hybridized carbons (Fsp3) is 0.250. The van der Waals surface area contributed by atoms with E-state index in [9.17, 15) is 0 Å². The van der Waals surface area contributed by atoms with Crippen molar-refractivity contribution in [2.45, 2.75) is 0 Å². The summed E-state index contributed by atoms with van der Waals surface area (Å²) in [5, 5.41) is 7.34. The van der Waals surface area contributed by atoms with Crippen molar-refractivity contribution in [3.8, 4) is 11.5 Å². The molecule has 0 aliphatic heterocycles. The highest BCUT2D eigenvalue weighted by Crippen LogP contribution is 2.29. The highest BCUT2D eigenvalue weighted by atomic mass is 16.5. The normalized spacial score (nSPS) is 10.2. The highest BCUT2D eigenvalue weighted by molar-refractivity contribution is 5.69. The molecule has 2 aromatic rings. The molecular formula is C12H16N4O2. The van der Waals surface area contributed by atoms with E-state index in [4.69, 9.17) is 15.2 Å². The van der Waals surface area contributed by atoms with Crippen LogP contribution >= 0.6 is 0 Å². The molecule has 6 heteroatoms. The number of nitrogen functional groups attached to an aromatic ring is 1. The van der Waals surface area contributed by atoms with E-state index < -0.39 is 0 Å². The van der Waals surface area contributed by atoms with E-state index in [0.717, 1.165) is 5.69 Å². The summed E-state index contributed by atoms with van der Waals surface area (Å²) in [6.07, 6.45) is 1.74. The van der Waals surface area contributed by atoms with Crippen molar-refractivity contribution in [3.63, 3.8) is 0 Å². The van der Waals surface area contributed by atoms with Crippen molar-refractivity contribution in [1.82, 2.24) is 9.78 Å². The second-order valence-corrected chi connectivity index (χ2v) is 3.83. The molecule has 0 bridgehead atoms. The maximum Gasteiger partial charge on any atom is 0.175 e. The molecule has 0 saturated carbocycles. The van der Waals surface area contributed by atoms with E-state index in [2.05, 4.69) is 10.4 Å². The van der Waals surface area contributed by atoms with Crippen LogP contribution in [0.3, 0.4) is 0 Å². The van der Waals surface area contributed by atoms with E-state index in [1.807, 2.05) is 19.2 Å². The summed E-state index contributed by atoms with van der Waals surface area (Å²) in [5.41, 5.74) is 7.21. The number of anilines is 3. The molecule has 1 aromatic heterocycles. The third-order valence-electron chi connectivity index (χ3n) is 2.47. The van der Waals surface area contributed by atoms with Gasteiger partial charge in [-0.2, -0.15) is 5.10 Å². The van der Waals surface area contributed by atoms with Crippen molar-refractivity contribution >= 4 is 17.2 Å². The van der Waals surface area contributed by atoms with E-state index in [1.54, 1.807) is 31.2 Å². The monoisotopic (exact) mass is 248 g/mol. The number of nitrogens with zero attached hydrogens (tertiary/aromatic N) is 2. The van der Waals surface area contributed by atoms with Crippen LogP contribution in [0.5, 0.6) is 11.5 Å². The van der Waals surface area contributed by atoms with Crippen LogP contribution in [-0.2, 0) is 7.05 Å². The number of hydrogen-bond acceptors (Lipinski definition) is 5. The minimum Gasteiger partial charge on any atom is -0.497 e. The first-order valence-corrected chi connectivity index (χ1v) is 5.41. The molecule has 1 heterocycles. The van der Waals surface area contributed by atoms with E-state index in [0.29, 0.717) is 23.0 Å². The Morgan fingerprint density at radius 3 is 2.22 bits per heavy atom. The Kier molecular flexibility index (Phi) is 3.27. The van der Waals surface area contributed by atoms with Gasteiger partial charge in [0.05, 0.1) is 19.9 Å². The topological polar surface area (TPSA) is 74.3 Å². The maximum absolute atomic E-state index is 5.82. The first kappa shape index (κ1) is 12.1. The Hall–Kier alpha value is -2.37. The van der Waals surface area contributed by atoms with Crippen molar-refractivity contribution < 1.29 is 9.47 Å². The second-order valence-electron chi connectivity index (χ2n) is 3.83. The number of aromatic nitrogens is 2. The van der Waals surface area contributed by atoms with E-state index in [-0.39, 0.29) is 0 Å². The molecule has 0 spiro atoms. The van der Waals surface area contributed by atoms with Gasteiger partial charge in [-0.1, -0.05) is 0 Å². The fourth-order valence-electron chi connectivity index (χ4n) is 1.62. The second kappa shape index (κ2) is 4.87. The first-order chi connectivity index (χ1) is 8.62. The van der Waals surface area contributed by atoms with Crippen molar-refractivity contribution in [2.75, 3.05) is 25.3 Å². The zero-order valence-corrected chi connectivity index (χ0v) is 10.6. The number of aryl methyl sites for hydroxylation is 1. The standard InChI is InChI=1S/C12H16N4O2/c1-16-7-11(13)12(15-16)14-8-4-9(17-2)6-10(5-8)18-3/h4-7H,13H2,1-3H3,(H,14,15). The van der Waals surface area contributed by atoms with Gasteiger partial charge in [-0.05, 0) is 0 Å². The van der Waals surface area contributed by atoms with Gasteiger partial charge in [0.2, 0.25) is 0 Å². The Bertz CT molecular complexity index is 529. The van der Waals surface area contributed by atoms with E-state index in [1.165, 1.54) is 0 Å². The summed E-state index contributed by atoms with van der Waals surface area (Å²) in [7, 11) is 5.02. The van der Waals surface area contributed by atoms with Crippen molar-refractivity contribution in [2.24, 2.45) is 7.05 Å². The minimum absolute atomic E-state index is 0.583. The van der Waals surface area contributed by atoms with Crippen LogP contribution < -0.4 is 20.5 Å². The Labute approximate surface area is 105 Å². The van der Waals surface area contributed by atoms with Crippen LogP contribution in [0.1, 0.15) is 0 Å². The quantitative estimate of drug-likeness (QED) is 0.862. The molecule has 0 fully saturated rings. The lowest BCUT2D eigenvalue weighted by Crippen LogP contribution is -1.97. The zero-order chi connectivity index (χ0) is 13.1. The third kappa shape index (κ3) is 2.48. The molecular weight excluding hydrogens is 232 g/mol. The SMILES string of the molecule is COc1cc(Nc2nn(C)cc2N)cc(OC)c1. The molecule has 3 N–H and O–H groups in total. The number of nitrogens with two attached hydrogens (primary N) is 1. The average Bonchev–Trinajstić information content (AvgIpc) is 2.67. The predicted octanol–water partition coefficient (Wildman–Crippen LogP) is 1.76. The maximum atomic E-state index is 5.82. The van der Waals surface area contributed by atoms with Crippen LogP contribution in [0, 0.1) is 0 Å². The molecule has 0 unspecified atom stereocenters. The largest absolute Gasteiger partial charge is 0.497 e. The molecule has 0 saturated heterocycles. The Morgan fingerprint density at radius 1 is 1.17 bits per heavy atom. The van der Waals surface area contributed by atoms with Crippen molar-refractivity contribution in [3.05, 3.63) is 24.4 Å². The van der Waals surface area contributed by atoms with Crippen LogP contribution in [0.4, 0.5) is 17.2 Å². The molecule has 1 aromatic carbocycles. The number of benzene rings is 1. The summed E-state index contributed by atoms with van der Waals surface area (Å²) >= 11 is 0.